The smallest absolute Gasteiger partial charge is 0.312 e. The summed E-state index contributed by atoms with van der Waals surface area (Å²) in [5.41, 5.74) is 0.417. The lowest BCUT2D eigenvalue weighted by Gasteiger charge is -2.18. The van der Waals surface area contributed by atoms with Crippen LogP contribution < -0.4 is 19.5 Å². The number of nitro benzene ring substituents is 1. The Labute approximate surface area is 161 Å². The molecule has 0 saturated heterocycles. The number of hydrogen-bond donors (Lipinski definition) is 1. The second kappa shape index (κ2) is 9.09. The summed E-state index contributed by atoms with van der Waals surface area (Å²) in [5.74, 6) is 0.737. The van der Waals surface area contributed by atoms with Gasteiger partial charge in [0.05, 0.1) is 25.2 Å². The van der Waals surface area contributed by atoms with Crippen molar-refractivity contribution in [3.05, 3.63) is 57.1 Å². The fourth-order valence-electron chi connectivity index (χ4n) is 2.44. The lowest BCUT2D eigenvalue weighted by Crippen LogP contribution is -2.31. The number of halogens is 1. The third kappa shape index (κ3) is 5.24. The van der Waals surface area contributed by atoms with Crippen molar-refractivity contribution in [2.75, 3.05) is 20.8 Å². The van der Waals surface area contributed by atoms with Crippen molar-refractivity contribution in [3.8, 4) is 17.2 Å². The Morgan fingerprint density at radius 1 is 1.19 bits per heavy atom. The van der Waals surface area contributed by atoms with E-state index in [0.29, 0.717) is 11.5 Å². The number of rotatable bonds is 8. The number of nitro groups is 1. The Bertz CT molecular complexity index is 843. The van der Waals surface area contributed by atoms with Crippen LogP contribution in [0.5, 0.6) is 17.2 Å². The van der Waals surface area contributed by atoms with Crippen LogP contribution in [0.1, 0.15) is 18.5 Å². The largest absolute Gasteiger partial charge is 0.497 e. The molecule has 0 unspecified atom stereocenters. The molecule has 0 heterocycles. The van der Waals surface area contributed by atoms with Gasteiger partial charge >= 0.3 is 5.69 Å². The number of amides is 1. The van der Waals surface area contributed by atoms with Crippen LogP contribution in [0.2, 0.25) is 5.02 Å². The monoisotopic (exact) mass is 394 g/mol. The van der Waals surface area contributed by atoms with Gasteiger partial charge < -0.3 is 19.5 Å². The van der Waals surface area contributed by atoms with E-state index in [0.717, 1.165) is 5.56 Å². The van der Waals surface area contributed by atoms with Crippen molar-refractivity contribution in [2.45, 2.75) is 13.0 Å². The SMILES string of the molecule is COc1ccc(OC)c([C@@H](C)NC(=O)COc2ccc(Cl)cc2[N+](=O)[O-])c1. The van der Waals surface area contributed by atoms with E-state index >= 15 is 0 Å². The molecule has 2 rings (SSSR count). The lowest BCUT2D eigenvalue weighted by atomic mass is 10.1. The van der Waals surface area contributed by atoms with E-state index in [2.05, 4.69) is 5.32 Å². The van der Waals surface area contributed by atoms with E-state index in [4.69, 9.17) is 25.8 Å². The zero-order valence-corrected chi connectivity index (χ0v) is 15.8. The highest BCUT2D eigenvalue weighted by Gasteiger charge is 2.19. The Morgan fingerprint density at radius 3 is 2.52 bits per heavy atom. The van der Waals surface area contributed by atoms with Gasteiger partial charge in [0.2, 0.25) is 0 Å². The van der Waals surface area contributed by atoms with Crippen LogP contribution in [0, 0.1) is 10.1 Å². The zero-order chi connectivity index (χ0) is 20.0. The molecule has 9 heteroatoms. The second-order valence-electron chi connectivity index (χ2n) is 5.55. The summed E-state index contributed by atoms with van der Waals surface area (Å²) < 4.78 is 15.8. The molecule has 0 fully saturated rings. The fraction of sp³-hybridized carbons (Fsp3) is 0.278. The summed E-state index contributed by atoms with van der Waals surface area (Å²) in [6, 6.07) is 8.82. The minimum absolute atomic E-state index is 0.0360. The Balaban J connectivity index is 2.05. The maximum absolute atomic E-state index is 12.2. The molecular weight excluding hydrogens is 376 g/mol. The molecule has 8 nitrogen and oxygen atoms in total. The van der Waals surface area contributed by atoms with E-state index in [1.165, 1.54) is 25.3 Å². The molecule has 0 bridgehead atoms. The first-order valence-corrected chi connectivity index (χ1v) is 8.31. The molecular formula is C18H19ClN2O6. The molecule has 0 aromatic heterocycles. The average Bonchev–Trinajstić information content (AvgIpc) is 2.66. The average molecular weight is 395 g/mol. The first-order chi connectivity index (χ1) is 12.8. The predicted molar refractivity (Wildman–Crippen MR) is 99.7 cm³/mol. The molecule has 0 saturated carbocycles. The fourth-order valence-corrected chi connectivity index (χ4v) is 2.60. The molecule has 1 atom stereocenters. The molecule has 27 heavy (non-hydrogen) atoms. The van der Waals surface area contributed by atoms with E-state index in [1.54, 1.807) is 32.2 Å². The van der Waals surface area contributed by atoms with Gasteiger partial charge in [0.25, 0.3) is 5.91 Å². The van der Waals surface area contributed by atoms with Crippen LogP contribution in [0.25, 0.3) is 0 Å². The van der Waals surface area contributed by atoms with E-state index in [1.807, 2.05) is 0 Å². The molecule has 1 N–H and O–H groups in total. The van der Waals surface area contributed by atoms with Gasteiger partial charge in [0.15, 0.2) is 12.4 Å². The Morgan fingerprint density at radius 2 is 1.89 bits per heavy atom. The van der Waals surface area contributed by atoms with Crippen LogP contribution in [-0.4, -0.2) is 31.7 Å². The molecule has 0 radical (unpaired) electrons. The van der Waals surface area contributed by atoms with Gasteiger partial charge in [-0.1, -0.05) is 11.6 Å². The molecule has 144 valence electrons. The molecule has 2 aromatic rings. The van der Waals surface area contributed by atoms with Crippen molar-refractivity contribution in [1.82, 2.24) is 5.32 Å². The maximum atomic E-state index is 12.2. The topological polar surface area (TPSA) is 99.9 Å². The second-order valence-corrected chi connectivity index (χ2v) is 5.99. The van der Waals surface area contributed by atoms with Crippen molar-refractivity contribution < 1.29 is 23.9 Å². The van der Waals surface area contributed by atoms with Crippen molar-refractivity contribution >= 4 is 23.2 Å². The van der Waals surface area contributed by atoms with Crippen LogP contribution >= 0.6 is 11.6 Å². The summed E-state index contributed by atoms with van der Waals surface area (Å²) in [6.45, 7) is 1.39. The summed E-state index contributed by atoms with van der Waals surface area (Å²) >= 11 is 5.75. The molecule has 1 amide bonds. The summed E-state index contributed by atoms with van der Waals surface area (Å²) in [6.07, 6.45) is 0. The van der Waals surface area contributed by atoms with Gasteiger partial charge in [0.1, 0.15) is 11.5 Å². The number of methoxy groups -OCH3 is 2. The number of carbonyl (C=O) groups excluding carboxylic acids is 1. The number of nitrogens with one attached hydrogen (secondary N) is 1. The van der Waals surface area contributed by atoms with Crippen LogP contribution in [0.15, 0.2) is 36.4 Å². The minimum atomic E-state index is -0.622. The number of ether oxygens (including phenoxy) is 3. The third-order valence-corrected chi connectivity index (χ3v) is 3.99. The number of benzene rings is 2. The van der Waals surface area contributed by atoms with Gasteiger partial charge in [-0.25, -0.2) is 0 Å². The Kier molecular flexibility index (Phi) is 6.84. The predicted octanol–water partition coefficient (Wildman–Crippen LogP) is 3.52. The molecule has 0 aliphatic heterocycles. The van der Waals surface area contributed by atoms with Crippen LogP contribution in [-0.2, 0) is 4.79 Å². The minimum Gasteiger partial charge on any atom is -0.497 e. The lowest BCUT2D eigenvalue weighted by molar-refractivity contribution is -0.385. The van der Waals surface area contributed by atoms with Crippen molar-refractivity contribution in [1.29, 1.82) is 0 Å². The highest BCUT2D eigenvalue weighted by molar-refractivity contribution is 6.30. The van der Waals surface area contributed by atoms with Gasteiger partial charge in [-0.2, -0.15) is 0 Å². The van der Waals surface area contributed by atoms with E-state index < -0.39 is 16.9 Å². The number of hydrogen-bond acceptors (Lipinski definition) is 6. The van der Waals surface area contributed by atoms with Gasteiger partial charge in [0, 0.05) is 16.7 Å². The van der Waals surface area contributed by atoms with Crippen molar-refractivity contribution in [2.24, 2.45) is 0 Å². The maximum Gasteiger partial charge on any atom is 0.312 e. The van der Waals surface area contributed by atoms with Gasteiger partial charge in [-0.15, -0.1) is 0 Å². The van der Waals surface area contributed by atoms with Crippen LogP contribution in [0.4, 0.5) is 5.69 Å². The van der Waals surface area contributed by atoms with E-state index in [-0.39, 0.29) is 23.1 Å². The third-order valence-electron chi connectivity index (χ3n) is 3.76. The summed E-state index contributed by atoms with van der Waals surface area (Å²) in [4.78, 5) is 22.6. The Hall–Kier alpha value is -3.00. The molecule has 0 aliphatic rings. The molecule has 2 aromatic carbocycles. The van der Waals surface area contributed by atoms with Gasteiger partial charge in [-0.05, 0) is 37.3 Å². The normalized spacial score (nSPS) is 11.4. The number of carbonyl (C=O) groups is 1. The first-order valence-electron chi connectivity index (χ1n) is 7.93. The summed E-state index contributed by atoms with van der Waals surface area (Å²) in [7, 11) is 3.07. The van der Waals surface area contributed by atoms with Gasteiger partial charge in [-0.3, -0.25) is 14.9 Å². The first kappa shape index (κ1) is 20.3. The van der Waals surface area contributed by atoms with E-state index in [9.17, 15) is 14.9 Å². The quantitative estimate of drug-likeness (QED) is 0.543. The van der Waals surface area contributed by atoms with Crippen LogP contribution in [0.3, 0.4) is 0 Å². The molecule has 0 spiro atoms. The standard InChI is InChI=1S/C18H19ClN2O6/c1-11(14-9-13(25-2)5-7-16(14)26-3)20-18(22)10-27-17-6-4-12(19)8-15(17)21(23)24/h4-9,11H,10H2,1-3H3,(H,20,22)/t11-/m1/s1. The highest BCUT2D eigenvalue weighted by Crippen LogP contribution is 2.31. The molecule has 0 aliphatic carbocycles. The number of nitrogens with zero attached hydrogens (tertiary/aromatic N) is 1. The highest BCUT2D eigenvalue weighted by atomic mass is 35.5. The zero-order valence-electron chi connectivity index (χ0n) is 15.0. The van der Waals surface area contributed by atoms with Crippen molar-refractivity contribution in [3.63, 3.8) is 0 Å². The summed E-state index contributed by atoms with van der Waals surface area (Å²) in [5, 5.41) is 14.0.